The van der Waals surface area contributed by atoms with Gasteiger partial charge in [-0.3, -0.25) is 0 Å². The maximum Gasteiger partial charge on any atom is 0.00644 e. The summed E-state index contributed by atoms with van der Waals surface area (Å²) in [7, 11) is 2.32. The summed E-state index contributed by atoms with van der Waals surface area (Å²) < 4.78 is 0. The number of hydrogen-bond acceptors (Lipinski definition) is 2. The highest BCUT2D eigenvalue weighted by Crippen LogP contribution is 2.24. The zero-order valence-corrected chi connectivity index (χ0v) is 13.8. The van der Waals surface area contributed by atoms with Crippen LogP contribution in [0.3, 0.4) is 0 Å². The van der Waals surface area contributed by atoms with E-state index in [9.17, 15) is 0 Å². The van der Waals surface area contributed by atoms with Crippen molar-refractivity contribution in [3.05, 3.63) is 0 Å². The molecular weight excluding hydrogens is 232 g/mol. The first kappa shape index (κ1) is 17.0. The fourth-order valence-electron chi connectivity index (χ4n) is 3.09. The van der Waals surface area contributed by atoms with Gasteiger partial charge in [0.25, 0.3) is 0 Å². The van der Waals surface area contributed by atoms with Gasteiger partial charge in [0.2, 0.25) is 0 Å². The van der Waals surface area contributed by atoms with Gasteiger partial charge in [-0.05, 0) is 64.6 Å². The Morgan fingerprint density at radius 3 is 2.42 bits per heavy atom. The number of nitrogens with one attached hydrogen (secondary N) is 1. The van der Waals surface area contributed by atoms with E-state index in [4.69, 9.17) is 0 Å². The van der Waals surface area contributed by atoms with Gasteiger partial charge >= 0.3 is 0 Å². The third kappa shape index (κ3) is 7.94. The van der Waals surface area contributed by atoms with Gasteiger partial charge in [-0.2, -0.15) is 0 Å². The van der Waals surface area contributed by atoms with Crippen LogP contribution in [0.15, 0.2) is 0 Å². The smallest absolute Gasteiger partial charge is 0.00644 e. The zero-order chi connectivity index (χ0) is 14.1. The van der Waals surface area contributed by atoms with E-state index >= 15 is 0 Å². The van der Waals surface area contributed by atoms with E-state index in [1.807, 2.05) is 0 Å². The zero-order valence-electron chi connectivity index (χ0n) is 13.8. The van der Waals surface area contributed by atoms with Gasteiger partial charge in [0.1, 0.15) is 0 Å². The Morgan fingerprint density at radius 2 is 1.79 bits per heavy atom. The highest BCUT2D eigenvalue weighted by atomic mass is 15.1. The topological polar surface area (TPSA) is 15.3 Å². The Morgan fingerprint density at radius 1 is 1.11 bits per heavy atom. The SMILES string of the molecule is CC(C)CNCCCC(C)N(C)CC1CCCCC1. The quantitative estimate of drug-likeness (QED) is 0.638. The summed E-state index contributed by atoms with van der Waals surface area (Å²) in [5, 5.41) is 3.54. The van der Waals surface area contributed by atoms with Gasteiger partial charge in [-0.25, -0.2) is 0 Å². The van der Waals surface area contributed by atoms with E-state index in [-0.39, 0.29) is 0 Å². The summed E-state index contributed by atoms with van der Waals surface area (Å²) in [6, 6.07) is 0.739. The first-order valence-electron chi connectivity index (χ1n) is 8.50. The minimum absolute atomic E-state index is 0.739. The molecule has 1 aliphatic carbocycles. The largest absolute Gasteiger partial charge is 0.316 e. The maximum atomic E-state index is 3.54. The van der Waals surface area contributed by atoms with Crippen LogP contribution in [0.2, 0.25) is 0 Å². The summed E-state index contributed by atoms with van der Waals surface area (Å²) in [6.45, 7) is 10.6. The second-order valence-corrected chi connectivity index (χ2v) is 7.03. The van der Waals surface area contributed by atoms with Crippen LogP contribution in [0.4, 0.5) is 0 Å². The highest BCUT2D eigenvalue weighted by molar-refractivity contribution is 4.72. The van der Waals surface area contributed by atoms with E-state index in [2.05, 4.69) is 38.0 Å². The normalized spacial score (nSPS) is 19.3. The average Bonchev–Trinajstić information content (AvgIpc) is 2.38. The van der Waals surface area contributed by atoms with E-state index in [0.717, 1.165) is 24.4 Å². The lowest BCUT2D eigenvalue weighted by atomic mass is 9.88. The summed E-state index contributed by atoms with van der Waals surface area (Å²) in [5.74, 6) is 1.74. The van der Waals surface area contributed by atoms with Crippen molar-refractivity contribution in [1.82, 2.24) is 10.2 Å². The van der Waals surface area contributed by atoms with Crippen molar-refractivity contribution in [1.29, 1.82) is 0 Å². The standard InChI is InChI=1S/C17H36N2/c1-15(2)13-18-12-8-9-16(3)19(4)14-17-10-6-5-7-11-17/h15-18H,5-14H2,1-4H3. The van der Waals surface area contributed by atoms with Crippen molar-refractivity contribution in [3.8, 4) is 0 Å². The molecular formula is C17H36N2. The van der Waals surface area contributed by atoms with Crippen LogP contribution in [-0.4, -0.2) is 37.6 Å². The summed E-state index contributed by atoms with van der Waals surface area (Å²) in [5.41, 5.74) is 0. The molecule has 1 aliphatic rings. The Kier molecular flexibility index (Phi) is 8.72. The molecule has 0 aliphatic heterocycles. The monoisotopic (exact) mass is 268 g/mol. The van der Waals surface area contributed by atoms with Crippen molar-refractivity contribution in [3.63, 3.8) is 0 Å². The van der Waals surface area contributed by atoms with Gasteiger partial charge in [0.15, 0.2) is 0 Å². The van der Waals surface area contributed by atoms with Crippen molar-refractivity contribution in [2.45, 2.75) is 71.8 Å². The van der Waals surface area contributed by atoms with E-state index in [0.29, 0.717) is 0 Å². The lowest BCUT2D eigenvalue weighted by Crippen LogP contribution is -2.35. The molecule has 1 atom stereocenters. The third-order valence-electron chi connectivity index (χ3n) is 4.55. The molecule has 1 rings (SSSR count). The summed E-state index contributed by atoms with van der Waals surface area (Å²) in [6.07, 6.45) is 9.96. The minimum Gasteiger partial charge on any atom is -0.316 e. The molecule has 0 bridgehead atoms. The molecule has 1 unspecified atom stereocenters. The molecule has 0 aromatic carbocycles. The number of hydrogen-bond donors (Lipinski definition) is 1. The summed E-state index contributed by atoms with van der Waals surface area (Å²) in [4.78, 5) is 2.60. The van der Waals surface area contributed by atoms with Crippen LogP contribution in [0, 0.1) is 11.8 Å². The first-order chi connectivity index (χ1) is 9.09. The second kappa shape index (κ2) is 9.77. The molecule has 0 spiro atoms. The predicted octanol–water partition coefficient (Wildman–Crippen LogP) is 3.91. The molecule has 0 heterocycles. The Balaban J connectivity index is 2.05. The molecule has 2 nitrogen and oxygen atoms in total. The first-order valence-corrected chi connectivity index (χ1v) is 8.50. The fraction of sp³-hybridized carbons (Fsp3) is 1.00. The van der Waals surface area contributed by atoms with Gasteiger partial charge in [-0.1, -0.05) is 33.1 Å². The molecule has 0 amide bonds. The van der Waals surface area contributed by atoms with Crippen molar-refractivity contribution in [2.75, 3.05) is 26.7 Å². The summed E-state index contributed by atoms with van der Waals surface area (Å²) >= 11 is 0. The Hall–Kier alpha value is -0.0800. The lowest BCUT2D eigenvalue weighted by molar-refractivity contribution is 0.182. The van der Waals surface area contributed by atoms with Gasteiger partial charge in [0.05, 0.1) is 0 Å². The van der Waals surface area contributed by atoms with E-state index < -0.39 is 0 Å². The molecule has 0 aromatic rings. The Bertz CT molecular complexity index is 209. The molecule has 1 N–H and O–H groups in total. The van der Waals surface area contributed by atoms with Crippen molar-refractivity contribution >= 4 is 0 Å². The fourth-order valence-corrected chi connectivity index (χ4v) is 3.09. The van der Waals surface area contributed by atoms with Crippen molar-refractivity contribution in [2.24, 2.45) is 11.8 Å². The average molecular weight is 268 g/mol. The Labute approximate surface area is 121 Å². The molecule has 19 heavy (non-hydrogen) atoms. The number of nitrogens with zero attached hydrogens (tertiary/aromatic N) is 1. The van der Waals surface area contributed by atoms with Crippen LogP contribution < -0.4 is 5.32 Å². The second-order valence-electron chi connectivity index (χ2n) is 7.03. The van der Waals surface area contributed by atoms with Crippen LogP contribution in [0.1, 0.15) is 65.7 Å². The minimum atomic E-state index is 0.739. The predicted molar refractivity (Wildman–Crippen MR) is 85.6 cm³/mol. The van der Waals surface area contributed by atoms with Gasteiger partial charge < -0.3 is 10.2 Å². The molecule has 114 valence electrons. The van der Waals surface area contributed by atoms with Crippen LogP contribution in [0.5, 0.6) is 0 Å². The molecule has 1 saturated carbocycles. The van der Waals surface area contributed by atoms with E-state index in [1.165, 1.54) is 58.0 Å². The van der Waals surface area contributed by atoms with Crippen molar-refractivity contribution < 1.29 is 0 Å². The van der Waals surface area contributed by atoms with Gasteiger partial charge in [0, 0.05) is 12.6 Å². The van der Waals surface area contributed by atoms with E-state index in [1.54, 1.807) is 0 Å². The molecule has 0 radical (unpaired) electrons. The molecule has 2 heteroatoms. The molecule has 0 saturated heterocycles. The van der Waals surface area contributed by atoms with Gasteiger partial charge in [-0.15, -0.1) is 0 Å². The van der Waals surface area contributed by atoms with Crippen LogP contribution in [-0.2, 0) is 0 Å². The third-order valence-corrected chi connectivity index (χ3v) is 4.55. The number of rotatable bonds is 9. The van der Waals surface area contributed by atoms with Crippen LogP contribution in [0.25, 0.3) is 0 Å². The highest BCUT2D eigenvalue weighted by Gasteiger charge is 2.17. The molecule has 1 fully saturated rings. The maximum absolute atomic E-state index is 3.54. The van der Waals surface area contributed by atoms with Crippen LogP contribution >= 0.6 is 0 Å². The lowest BCUT2D eigenvalue weighted by Gasteiger charge is -2.31. The molecule has 0 aromatic heterocycles.